The van der Waals surface area contributed by atoms with Crippen molar-refractivity contribution in [1.29, 1.82) is 0 Å². The summed E-state index contributed by atoms with van der Waals surface area (Å²) in [6.45, 7) is 4.71. The summed E-state index contributed by atoms with van der Waals surface area (Å²) in [5.74, 6) is 0.905. The minimum Gasteiger partial charge on any atom is -0.366 e. The van der Waals surface area contributed by atoms with Crippen LogP contribution in [-0.2, 0) is 0 Å². The van der Waals surface area contributed by atoms with E-state index >= 15 is 0 Å². The van der Waals surface area contributed by atoms with E-state index < -0.39 is 0 Å². The molecule has 15 heavy (non-hydrogen) atoms. The van der Waals surface area contributed by atoms with E-state index in [2.05, 4.69) is 29.4 Å². The van der Waals surface area contributed by atoms with Gasteiger partial charge in [-0.15, -0.1) is 5.10 Å². The predicted molar refractivity (Wildman–Crippen MR) is 61.7 cm³/mol. The van der Waals surface area contributed by atoms with Gasteiger partial charge in [0.25, 0.3) is 0 Å². The number of hydrogen-bond acceptors (Lipinski definition) is 3. The lowest BCUT2D eigenvalue weighted by atomic mass is 9.75. The van der Waals surface area contributed by atoms with Crippen LogP contribution in [0.3, 0.4) is 0 Å². The number of rotatable bonds is 2. The lowest BCUT2D eigenvalue weighted by molar-refractivity contribution is 0.232. The Hall–Kier alpha value is -1.12. The van der Waals surface area contributed by atoms with Crippen LogP contribution in [0.1, 0.15) is 39.5 Å². The van der Waals surface area contributed by atoms with Gasteiger partial charge in [-0.2, -0.15) is 5.10 Å². The first-order valence-corrected chi connectivity index (χ1v) is 5.70. The monoisotopic (exact) mass is 205 g/mol. The molecule has 1 aromatic heterocycles. The van der Waals surface area contributed by atoms with E-state index in [1.807, 2.05) is 12.1 Å². The number of nitrogens with zero attached hydrogens (tertiary/aromatic N) is 2. The Labute approximate surface area is 91.3 Å². The molecule has 0 radical (unpaired) electrons. The second kappa shape index (κ2) is 4.17. The molecule has 3 heteroatoms. The third-order valence-electron chi connectivity index (χ3n) is 3.26. The maximum Gasteiger partial charge on any atom is 0.148 e. The minimum absolute atomic E-state index is 0.528. The Balaban J connectivity index is 1.88. The van der Waals surface area contributed by atoms with Gasteiger partial charge in [0.05, 0.1) is 0 Å². The second-order valence-corrected chi connectivity index (χ2v) is 5.19. The van der Waals surface area contributed by atoms with Crippen LogP contribution in [0.15, 0.2) is 18.3 Å². The first-order chi connectivity index (χ1) is 7.16. The number of hydrogen-bond donors (Lipinski definition) is 1. The zero-order chi connectivity index (χ0) is 10.7. The second-order valence-electron chi connectivity index (χ2n) is 5.19. The van der Waals surface area contributed by atoms with Crippen LogP contribution in [0.4, 0.5) is 5.82 Å². The zero-order valence-electron chi connectivity index (χ0n) is 9.53. The van der Waals surface area contributed by atoms with Gasteiger partial charge in [-0.3, -0.25) is 0 Å². The van der Waals surface area contributed by atoms with Crippen molar-refractivity contribution in [1.82, 2.24) is 10.2 Å². The van der Waals surface area contributed by atoms with Crippen LogP contribution in [0, 0.1) is 5.41 Å². The average molecular weight is 205 g/mol. The standard InChI is InChI=1S/C12H19N3/c1-12(2)7-5-10(6-8-12)14-11-4-3-9-13-15-11/h3-4,9-10H,5-8H2,1-2H3,(H,14,15). The molecule has 82 valence electrons. The smallest absolute Gasteiger partial charge is 0.148 e. The minimum atomic E-state index is 0.528. The molecule has 0 aliphatic heterocycles. The molecule has 1 saturated carbocycles. The molecule has 0 unspecified atom stereocenters. The fourth-order valence-electron chi connectivity index (χ4n) is 2.13. The van der Waals surface area contributed by atoms with E-state index in [0.29, 0.717) is 11.5 Å². The Bertz CT molecular complexity index is 298. The summed E-state index contributed by atoms with van der Waals surface area (Å²) in [6, 6.07) is 4.48. The molecule has 1 aliphatic rings. The average Bonchev–Trinajstić information content (AvgIpc) is 2.23. The van der Waals surface area contributed by atoms with Crippen molar-refractivity contribution in [2.75, 3.05) is 5.32 Å². The Morgan fingerprint density at radius 1 is 1.33 bits per heavy atom. The van der Waals surface area contributed by atoms with Crippen LogP contribution >= 0.6 is 0 Å². The largest absolute Gasteiger partial charge is 0.366 e. The van der Waals surface area contributed by atoms with Crippen LogP contribution in [0.2, 0.25) is 0 Å². The molecule has 1 fully saturated rings. The van der Waals surface area contributed by atoms with Gasteiger partial charge in [0.2, 0.25) is 0 Å². The molecule has 3 nitrogen and oxygen atoms in total. The Morgan fingerprint density at radius 3 is 2.67 bits per heavy atom. The lowest BCUT2D eigenvalue weighted by Crippen LogP contribution is -2.30. The van der Waals surface area contributed by atoms with Crippen molar-refractivity contribution < 1.29 is 0 Å². The quantitative estimate of drug-likeness (QED) is 0.806. The van der Waals surface area contributed by atoms with Crippen molar-refractivity contribution in [3.05, 3.63) is 18.3 Å². The maximum atomic E-state index is 4.05. The molecule has 1 N–H and O–H groups in total. The molecule has 0 saturated heterocycles. The Morgan fingerprint density at radius 2 is 2.07 bits per heavy atom. The van der Waals surface area contributed by atoms with Gasteiger partial charge in [0, 0.05) is 12.2 Å². The van der Waals surface area contributed by atoms with Gasteiger partial charge in [-0.25, -0.2) is 0 Å². The molecule has 2 rings (SSSR count). The normalized spacial score (nSPS) is 21.2. The number of nitrogens with one attached hydrogen (secondary N) is 1. The fraction of sp³-hybridized carbons (Fsp3) is 0.667. The SMILES string of the molecule is CC1(C)CCC(Nc2cccnn2)CC1. The number of anilines is 1. The van der Waals surface area contributed by atoms with Crippen LogP contribution in [-0.4, -0.2) is 16.2 Å². The zero-order valence-corrected chi connectivity index (χ0v) is 9.53. The van der Waals surface area contributed by atoms with Gasteiger partial charge in [0.1, 0.15) is 5.82 Å². The van der Waals surface area contributed by atoms with Gasteiger partial charge < -0.3 is 5.32 Å². The molecular weight excluding hydrogens is 186 g/mol. The van der Waals surface area contributed by atoms with Crippen molar-refractivity contribution in [3.63, 3.8) is 0 Å². The van der Waals surface area contributed by atoms with E-state index in [9.17, 15) is 0 Å². The number of aromatic nitrogens is 2. The third kappa shape index (κ3) is 2.91. The summed E-state index contributed by atoms with van der Waals surface area (Å²) < 4.78 is 0. The highest BCUT2D eigenvalue weighted by Crippen LogP contribution is 2.35. The molecule has 0 aromatic carbocycles. The molecule has 1 heterocycles. The van der Waals surface area contributed by atoms with Gasteiger partial charge in [-0.05, 0) is 43.2 Å². The molecular formula is C12H19N3. The van der Waals surface area contributed by atoms with Gasteiger partial charge >= 0.3 is 0 Å². The van der Waals surface area contributed by atoms with Crippen molar-refractivity contribution >= 4 is 5.82 Å². The van der Waals surface area contributed by atoms with Crippen LogP contribution < -0.4 is 5.32 Å². The summed E-state index contributed by atoms with van der Waals surface area (Å²) in [4.78, 5) is 0. The third-order valence-corrected chi connectivity index (χ3v) is 3.26. The molecule has 0 bridgehead atoms. The highest BCUT2D eigenvalue weighted by atomic mass is 15.2. The molecule has 1 aromatic rings. The van der Waals surface area contributed by atoms with Crippen molar-refractivity contribution in [2.24, 2.45) is 5.41 Å². The van der Waals surface area contributed by atoms with Gasteiger partial charge in [-0.1, -0.05) is 13.8 Å². The van der Waals surface area contributed by atoms with Crippen LogP contribution in [0.25, 0.3) is 0 Å². The van der Waals surface area contributed by atoms with Gasteiger partial charge in [0.15, 0.2) is 0 Å². The highest BCUT2D eigenvalue weighted by Gasteiger charge is 2.26. The summed E-state index contributed by atoms with van der Waals surface area (Å²) in [7, 11) is 0. The molecule has 1 aliphatic carbocycles. The van der Waals surface area contributed by atoms with E-state index in [0.717, 1.165) is 5.82 Å². The predicted octanol–water partition coefficient (Wildman–Crippen LogP) is 2.86. The van der Waals surface area contributed by atoms with E-state index in [1.165, 1.54) is 25.7 Å². The maximum absolute atomic E-state index is 4.05. The molecule has 0 spiro atoms. The van der Waals surface area contributed by atoms with E-state index in [1.54, 1.807) is 6.20 Å². The first-order valence-electron chi connectivity index (χ1n) is 5.70. The first kappa shape index (κ1) is 10.4. The highest BCUT2D eigenvalue weighted by molar-refractivity contribution is 5.32. The van der Waals surface area contributed by atoms with Crippen LogP contribution in [0.5, 0.6) is 0 Å². The lowest BCUT2D eigenvalue weighted by Gasteiger charge is -2.34. The summed E-state index contributed by atoms with van der Waals surface area (Å²) >= 11 is 0. The molecule has 0 amide bonds. The summed E-state index contributed by atoms with van der Waals surface area (Å²) in [5, 5.41) is 11.4. The fourth-order valence-corrected chi connectivity index (χ4v) is 2.13. The summed E-state index contributed by atoms with van der Waals surface area (Å²) in [6.07, 6.45) is 6.78. The van der Waals surface area contributed by atoms with E-state index in [4.69, 9.17) is 0 Å². The van der Waals surface area contributed by atoms with Crippen molar-refractivity contribution in [3.8, 4) is 0 Å². The van der Waals surface area contributed by atoms with E-state index in [-0.39, 0.29) is 0 Å². The molecule has 0 atom stereocenters. The summed E-state index contributed by atoms with van der Waals surface area (Å²) in [5.41, 5.74) is 0.528. The van der Waals surface area contributed by atoms with Crippen molar-refractivity contribution in [2.45, 2.75) is 45.6 Å². The topological polar surface area (TPSA) is 37.8 Å². The Kier molecular flexibility index (Phi) is 2.89.